The molecule has 0 spiro atoms. The van der Waals surface area contributed by atoms with Gasteiger partial charge in [-0.1, -0.05) is 35.9 Å². The first-order chi connectivity index (χ1) is 16.2. The van der Waals surface area contributed by atoms with Gasteiger partial charge in [0.2, 0.25) is 5.95 Å². The van der Waals surface area contributed by atoms with Crippen LogP contribution in [0.5, 0.6) is 0 Å². The summed E-state index contributed by atoms with van der Waals surface area (Å²) < 4.78 is 25.5. The number of fused-ring (bicyclic) bond motifs is 1. The number of sulfone groups is 1. The van der Waals surface area contributed by atoms with Crippen molar-refractivity contribution in [3.05, 3.63) is 65.4 Å². The lowest BCUT2D eigenvalue weighted by molar-refractivity contribution is -0.119. The zero-order valence-electron chi connectivity index (χ0n) is 18.3. The molecule has 174 valence electrons. The molecular weight excluding hydrogens is 474 g/mol. The van der Waals surface area contributed by atoms with Gasteiger partial charge in [-0.2, -0.15) is 4.98 Å². The average molecular weight is 496 g/mol. The summed E-state index contributed by atoms with van der Waals surface area (Å²) in [5, 5.41) is 3.39. The summed E-state index contributed by atoms with van der Waals surface area (Å²) >= 11 is 6.21. The molecule has 1 aromatic carbocycles. The van der Waals surface area contributed by atoms with Gasteiger partial charge in [0.1, 0.15) is 11.7 Å². The largest absolute Gasteiger partial charge is 0.368 e. The van der Waals surface area contributed by atoms with Crippen LogP contribution in [-0.4, -0.2) is 41.3 Å². The number of amides is 1. The number of nitrogens with two attached hydrogens (primary N) is 1. The Morgan fingerprint density at radius 2 is 2.06 bits per heavy atom. The summed E-state index contributed by atoms with van der Waals surface area (Å²) in [5.41, 5.74) is 8.38. The summed E-state index contributed by atoms with van der Waals surface area (Å²) in [6.07, 6.45) is 10.1. The van der Waals surface area contributed by atoms with E-state index >= 15 is 0 Å². The summed E-state index contributed by atoms with van der Waals surface area (Å²) in [4.78, 5) is 25.6. The zero-order chi connectivity index (χ0) is 24.0. The minimum Gasteiger partial charge on any atom is -0.368 e. The van der Waals surface area contributed by atoms with Crippen LogP contribution in [0.3, 0.4) is 0 Å². The van der Waals surface area contributed by atoms with Gasteiger partial charge in [-0.3, -0.25) is 4.79 Å². The highest BCUT2D eigenvalue weighted by Gasteiger charge is 2.37. The maximum absolute atomic E-state index is 12.7. The number of nitrogens with zero attached hydrogens (tertiary/aromatic N) is 3. The first kappa shape index (κ1) is 22.5. The van der Waals surface area contributed by atoms with Crippen molar-refractivity contribution in [2.45, 2.75) is 36.0 Å². The summed E-state index contributed by atoms with van der Waals surface area (Å²) in [6, 6.07) is 6.34. The molecule has 0 bridgehead atoms. The van der Waals surface area contributed by atoms with Crippen LogP contribution < -0.4 is 11.1 Å². The Morgan fingerprint density at radius 1 is 1.26 bits per heavy atom. The van der Waals surface area contributed by atoms with Crippen molar-refractivity contribution in [2.24, 2.45) is 10.9 Å². The number of nitrogen functional groups attached to an aromatic ring is 1. The van der Waals surface area contributed by atoms with Crippen LogP contribution in [-0.2, 0) is 14.6 Å². The molecule has 0 radical (unpaired) electrons. The molecule has 0 saturated heterocycles. The molecule has 1 saturated carbocycles. The molecule has 2 heterocycles. The molecule has 10 heteroatoms. The van der Waals surface area contributed by atoms with Gasteiger partial charge >= 0.3 is 0 Å². The Morgan fingerprint density at radius 3 is 2.82 bits per heavy atom. The maximum Gasteiger partial charge on any atom is 0.258 e. The highest BCUT2D eigenvalue weighted by Crippen LogP contribution is 2.36. The number of aromatic nitrogens is 2. The third kappa shape index (κ3) is 4.17. The summed E-state index contributed by atoms with van der Waals surface area (Å²) in [5.74, 6) is -0.419. The van der Waals surface area contributed by atoms with E-state index in [1.165, 1.54) is 0 Å². The van der Waals surface area contributed by atoms with E-state index in [0.29, 0.717) is 40.5 Å². The summed E-state index contributed by atoms with van der Waals surface area (Å²) in [7, 11) is -3.35. The Labute approximate surface area is 202 Å². The number of hydrogen-bond donors (Lipinski definition) is 2. The quantitative estimate of drug-likeness (QED) is 0.625. The standard InChI is InChI=1S/C24H22ClN5O3S/c1-13(20-11-15-5-3-7-19(25)21(15)23(31)29-20)28-22-18(12-27-24(26)30-22)14-4-2-6-17(10-14)34(32,33)16-8-9-16/h2-7,10-13,16,21H,8-9H2,1H3,(H3,26,27,28,30). The van der Waals surface area contributed by atoms with Crippen molar-refractivity contribution < 1.29 is 13.2 Å². The summed E-state index contributed by atoms with van der Waals surface area (Å²) in [6.45, 7) is 1.85. The van der Waals surface area contributed by atoms with Gasteiger partial charge in [0.25, 0.3) is 5.91 Å². The molecule has 1 amide bonds. The van der Waals surface area contributed by atoms with E-state index in [9.17, 15) is 13.2 Å². The number of benzene rings is 1. The molecule has 2 aliphatic carbocycles. The van der Waals surface area contributed by atoms with E-state index in [2.05, 4.69) is 20.3 Å². The van der Waals surface area contributed by atoms with E-state index in [-0.39, 0.29) is 22.0 Å². The molecule has 8 nitrogen and oxygen atoms in total. The predicted octanol–water partition coefficient (Wildman–Crippen LogP) is 3.68. The van der Waals surface area contributed by atoms with Crippen LogP contribution in [0.4, 0.5) is 11.8 Å². The predicted molar refractivity (Wildman–Crippen MR) is 132 cm³/mol. The van der Waals surface area contributed by atoms with Gasteiger partial charge in [-0.25, -0.2) is 18.4 Å². The smallest absolute Gasteiger partial charge is 0.258 e. The SMILES string of the molecule is CC(Nc1nc(N)ncc1-c1cccc(S(=O)(=O)C2CC2)c1)C1=NC(=O)C2C(Cl)=CC=CC2=C1. The number of carbonyl (C=O) groups is 1. The number of carbonyl (C=O) groups excluding carboxylic acids is 1. The lowest BCUT2D eigenvalue weighted by Crippen LogP contribution is -2.32. The molecule has 3 N–H and O–H groups in total. The number of anilines is 2. The van der Waals surface area contributed by atoms with Crippen molar-refractivity contribution >= 4 is 44.8 Å². The van der Waals surface area contributed by atoms with E-state index in [0.717, 1.165) is 5.57 Å². The number of rotatable bonds is 6. The topological polar surface area (TPSA) is 127 Å². The van der Waals surface area contributed by atoms with Crippen LogP contribution in [0, 0.1) is 5.92 Å². The van der Waals surface area contributed by atoms with E-state index in [1.54, 1.807) is 42.6 Å². The Hall–Kier alpha value is -3.30. The number of nitrogens with one attached hydrogen (secondary N) is 1. The Bertz CT molecular complexity index is 1420. The van der Waals surface area contributed by atoms with Crippen molar-refractivity contribution in [1.82, 2.24) is 9.97 Å². The molecule has 1 fully saturated rings. The van der Waals surface area contributed by atoms with Crippen molar-refractivity contribution in [2.75, 3.05) is 11.1 Å². The normalized spacial score (nSPS) is 20.7. The van der Waals surface area contributed by atoms with Crippen molar-refractivity contribution in [3.63, 3.8) is 0 Å². The van der Waals surface area contributed by atoms with E-state index in [1.807, 2.05) is 19.1 Å². The molecule has 3 aliphatic rings. The van der Waals surface area contributed by atoms with Crippen LogP contribution in [0.1, 0.15) is 19.8 Å². The average Bonchev–Trinajstić information content (AvgIpc) is 3.65. The van der Waals surface area contributed by atoms with Gasteiger partial charge in [-0.05, 0) is 55.2 Å². The second-order valence-corrected chi connectivity index (χ2v) is 11.2. The number of allylic oxidation sites excluding steroid dienone is 3. The number of dihydropyridines is 1. The number of halogens is 1. The second kappa shape index (κ2) is 8.48. The number of hydrogen-bond acceptors (Lipinski definition) is 7. The fourth-order valence-electron chi connectivity index (χ4n) is 4.02. The van der Waals surface area contributed by atoms with Crippen LogP contribution in [0.2, 0.25) is 0 Å². The van der Waals surface area contributed by atoms with Gasteiger partial charge in [-0.15, -0.1) is 0 Å². The zero-order valence-corrected chi connectivity index (χ0v) is 19.8. The lowest BCUT2D eigenvalue weighted by Gasteiger charge is -2.25. The molecule has 1 aliphatic heterocycles. The molecule has 2 atom stereocenters. The monoisotopic (exact) mass is 495 g/mol. The third-order valence-corrected chi connectivity index (χ3v) is 8.60. The highest BCUT2D eigenvalue weighted by atomic mass is 35.5. The molecule has 1 aromatic heterocycles. The molecular formula is C24H22ClN5O3S. The molecule has 2 aromatic rings. The molecule has 2 unspecified atom stereocenters. The van der Waals surface area contributed by atoms with Gasteiger partial charge in [0, 0.05) is 16.8 Å². The Kier molecular flexibility index (Phi) is 5.61. The fraction of sp³-hybridized carbons (Fsp3) is 0.250. The maximum atomic E-state index is 12.7. The van der Waals surface area contributed by atoms with Crippen molar-refractivity contribution in [3.8, 4) is 11.1 Å². The molecule has 5 rings (SSSR count). The number of aliphatic imine (C=N–C) groups is 1. The fourth-order valence-corrected chi connectivity index (χ4v) is 6.01. The minimum absolute atomic E-state index is 0.0624. The van der Waals surface area contributed by atoms with E-state index in [4.69, 9.17) is 17.3 Å². The van der Waals surface area contributed by atoms with Crippen LogP contribution in [0.25, 0.3) is 11.1 Å². The van der Waals surface area contributed by atoms with Gasteiger partial charge in [0.05, 0.1) is 21.9 Å². The second-order valence-electron chi connectivity index (χ2n) is 8.49. The lowest BCUT2D eigenvalue weighted by atomic mass is 9.89. The van der Waals surface area contributed by atoms with Crippen molar-refractivity contribution in [1.29, 1.82) is 0 Å². The first-order valence-corrected chi connectivity index (χ1v) is 12.8. The van der Waals surface area contributed by atoms with Crippen LogP contribution >= 0.6 is 11.6 Å². The first-order valence-electron chi connectivity index (χ1n) is 10.8. The highest BCUT2D eigenvalue weighted by molar-refractivity contribution is 7.92. The van der Waals surface area contributed by atoms with Gasteiger partial charge < -0.3 is 11.1 Å². The molecule has 34 heavy (non-hydrogen) atoms. The minimum atomic E-state index is -3.35. The van der Waals surface area contributed by atoms with Gasteiger partial charge in [0.15, 0.2) is 9.84 Å². The van der Waals surface area contributed by atoms with Crippen LogP contribution in [0.15, 0.2) is 75.3 Å². The van der Waals surface area contributed by atoms with E-state index < -0.39 is 21.8 Å². The Balaban J connectivity index is 1.46. The third-order valence-electron chi connectivity index (χ3n) is 6.00.